The Morgan fingerprint density at radius 1 is 1.33 bits per heavy atom. The molecule has 0 bridgehead atoms. The topological polar surface area (TPSA) is 9.23 Å². The lowest BCUT2D eigenvalue weighted by atomic mass is 9.92. The van der Waals surface area contributed by atoms with Gasteiger partial charge in [-0.25, -0.2) is 0 Å². The molecule has 0 radical (unpaired) electrons. The van der Waals surface area contributed by atoms with E-state index in [0.717, 1.165) is 12.2 Å². The quantitative estimate of drug-likeness (QED) is 0.674. The summed E-state index contributed by atoms with van der Waals surface area (Å²) in [6.45, 7) is 10.2. The molecule has 1 heteroatoms. The molecule has 1 rings (SSSR count). The van der Waals surface area contributed by atoms with Crippen molar-refractivity contribution in [2.45, 2.75) is 33.1 Å². The maximum absolute atomic E-state index is 5.30. The molecule has 0 aliphatic rings. The van der Waals surface area contributed by atoms with Crippen molar-refractivity contribution < 1.29 is 4.74 Å². The molecule has 1 aromatic carbocycles. The van der Waals surface area contributed by atoms with Gasteiger partial charge in [-0.2, -0.15) is 0 Å². The Labute approximate surface area is 92.8 Å². The summed E-state index contributed by atoms with van der Waals surface area (Å²) >= 11 is 0. The predicted molar refractivity (Wildman–Crippen MR) is 65.7 cm³/mol. The Balaban J connectivity index is 3.09. The summed E-state index contributed by atoms with van der Waals surface area (Å²) in [5, 5.41) is 0. The minimum atomic E-state index is 0.534. The third-order valence-corrected chi connectivity index (χ3v) is 2.83. The molecule has 0 saturated carbocycles. The molecule has 1 unspecified atom stereocenters. The lowest BCUT2D eigenvalue weighted by Gasteiger charge is -2.15. The molecule has 0 heterocycles. The van der Waals surface area contributed by atoms with Crippen LogP contribution in [0.15, 0.2) is 24.8 Å². The van der Waals surface area contributed by atoms with Crippen LogP contribution in [0.2, 0.25) is 0 Å². The van der Waals surface area contributed by atoms with Crippen LogP contribution in [0.3, 0.4) is 0 Å². The third kappa shape index (κ3) is 2.62. The van der Waals surface area contributed by atoms with E-state index < -0.39 is 0 Å². The fourth-order valence-corrected chi connectivity index (χ4v) is 1.94. The molecular formula is C14H20O. The van der Waals surface area contributed by atoms with Crippen LogP contribution in [0.25, 0.3) is 0 Å². The number of rotatable bonds is 4. The molecular weight excluding hydrogens is 184 g/mol. The van der Waals surface area contributed by atoms with Gasteiger partial charge in [0.2, 0.25) is 0 Å². The normalized spacial score (nSPS) is 12.3. The van der Waals surface area contributed by atoms with Crippen molar-refractivity contribution >= 4 is 0 Å². The van der Waals surface area contributed by atoms with Gasteiger partial charge in [-0.1, -0.05) is 19.1 Å². The SMILES string of the molecule is C=CCC(C)c1cc(C)c(OC)cc1C. The smallest absolute Gasteiger partial charge is 0.122 e. The third-order valence-electron chi connectivity index (χ3n) is 2.83. The van der Waals surface area contributed by atoms with Crippen molar-refractivity contribution in [3.05, 3.63) is 41.5 Å². The van der Waals surface area contributed by atoms with Crippen molar-refractivity contribution in [2.24, 2.45) is 0 Å². The average Bonchev–Trinajstić information content (AvgIpc) is 2.21. The van der Waals surface area contributed by atoms with Gasteiger partial charge >= 0.3 is 0 Å². The van der Waals surface area contributed by atoms with Crippen LogP contribution in [0.5, 0.6) is 5.75 Å². The van der Waals surface area contributed by atoms with Gasteiger partial charge in [-0.05, 0) is 48.9 Å². The van der Waals surface area contributed by atoms with Crippen molar-refractivity contribution in [3.8, 4) is 5.75 Å². The highest BCUT2D eigenvalue weighted by atomic mass is 16.5. The van der Waals surface area contributed by atoms with Crippen LogP contribution in [-0.2, 0) is 0 Å². The zero-order chi connectivity index (χ0) is 11.4. The average molecular weight is 204 g/mol. The largest absolute Gasteiger partial charge is 0.496 e. The Morgan fingerprint density at radius 3 is 2.53 bits per heavy atom. The second-order valence-corrected chi connectivity index (χ2v) is 4.10. The van der Waals surface area contributed by atoms with E-state index >= 15 is 0 Å². The fourth-order valence-electron chi connectivity index (χ4n) is 1.94. The highest BCUT2D eigenvalue weighted by Gasteiger charge is 2.09. The van der Waals surface area contributed by atoms with E-state index in [-0.39, 0.29) is 0 Å². The summed E-state index contributed by atoms with van der Waals surface area (Å²) in [6, 6.07) is 4.34. The monoisotopic (exact) mass is 204 g/mol. The lowest BCUT2D eigenvalue weighted by molar-refractivity contribution is 0.411. The molecule has 0 aliphatic carbocycles. The van der Waals surface area contributed by atoms with E-state index in [2.05, 4.69) is 39.5 Å². The van der Waals surface area contributed by atoms with Crippen LogP contribution in [0.4, 0.5) is 0 Å². The first-order valence-corrected chi connectivity index (χ1v) is 5.36. The van der Waals surface area contributed by atoms with Crippen molar-refractivity contribution in [2.75, 3.05) is 7.11 Å². The lowest BCUT2D eigenvalue weighted by Crippen LogP contribution is -1.98. The van der Waals surface area contributed by atoms with Crippen molar-refractivity contribution in [1.82, 2.24) is 0 Å². The molecule has 0 saturated heterocycles. The number of ether oxygens (including phenoxy) is 1. The highest BCUT2D eigenvalue weighted by Crippen LogP contribution is 2.29. The minimum absolute atomic E-state index is 0.534. The molecule has 0 amide bonds. The molecule has 1 aromatic rings. The number of methoxy groups -OCH3 is 1. The Bertz CT molecular complexity index is 353. The summed E-state index contributed by atoms with van der Waals surface area (Å²) in [7, 11) is 1.72. The minimum Gasteiger partial charge on any atom is -0.496 e. The van der Waals surface area contributed by atoms with E-state index in [4.69, 9.17) is 4.74 Å². The maximum Gasteiger partial charge on any atom is 0.122 e. The molecule has 0 aliphatic heterocycles. The van der Waals surface area contributed by atoms with Gasteiger partial charge in [0.1, 0.15) is 5.75 Å². The number of allylic oxidation sites excluding steroid dienone is 1. The van der Waals surface area contributed by atoms with Crippen LogP contribution >= 0.6 is 0 Å². The van der Waals surface area contributed by atoms with Gasteiger partial charge in [0.25, 0.3) is 0 Å². The summed E-state index contributed by atoms with van der Waals surface area (Å²) in [5.74, 6) is 1.51. The van der Waals surface area contributed by atoms with Crippen LogP contribution in [0.1, 0.15) is 36.0 Å². The Kier molecular flexibility index (Phi) is 3.96. The van der Waals surface area contributed by atoms with Crippen LogP contribution < -0.4 is 4.74 Å². The van der Waals surface area contributed by atoms with Gasteiger partial charge in [-0.15, -0.1) is 6.58 Å². The van der Waals surface area contributed by atoms with Crippen molar-refractivity contribution in [1.29, 1.82) is 0 Å². The summed E-state index contributed by atoms with van der Waals surface area (Å²) < 4.78 is 5.30. The van der Waals surface area contributed by atoms with Gasteiger partial charge in [0.05, 0.1) is 7.11 Å². The summed E-state index contributed by atoms with van der Waals surface area (Å²) in [4.78, 5) is 0. The maximum atomic E-state index is 5.30. The first-order chi connectivity index (χ1) is 7.10. The van der Waals surface area contributed by atoms with E-state index in [9.17, 15) is 0 Å². The van der Waals surface area contributed by atoms with E-state index in [1.54, 1.807) is 7.11 Å². The number of benzene rings is 1. The molecule has 0 spiro atoms. The number of aryl methyl sites for hydroxylation is 2. The Hall–Kier alpha value is -1.24. The van der Waals surface area contributed by atoms with Gasteiger partial charge in [-0.3, -0.25) is 0 Å². The second-order valence-electron chi connectivity index (χ2n) is 4.10. The highest BCUT2D eigenvalue weighted by molar-refractivity contribution is 5.42. The van der Waals surface area contributed by atoms with E-state index in [1.807, 2.05) is 6.08 Å². The molecule has 82 valence electrons. The standard InChI is InChI=1S/C14H20O/c1-6-7-10(2)13-8-12(4)14(15-5)9-11(13)3/h6,8-10H,1,7H2,2-5H3. The first kappa shape index (κ1) is 11.8. The zero-order valence-corrected chi connectivity index (χ0v) is 10.1. The molecule has 1 nitrogen and oxygen atoms in total. The molecule has 1 atom stereocenters. The summed E-state index contributed by atoms with van der Waals surface area (Å²) in [5.41, 5.74) is 3.90. The number of hydrogen-bond acceptors (Lipinski definition) is 1. The zero-order valence-electron chi connectivity index (χ0n) is 10.1. The molecule has 15 heavy (non-hydrogen) atoms. The fraction of sp³-hybridized carbons (Fsp3) is 0.429. The Morgan fingerprint density at radius 2 is 2.00 bits per heavy atom. The van der Waals surface area contributed by atoms with Crippen molar-refractivity contribution in [3.63, 3.8) is 0 Å². The predicted octanol–water partition coefficient (Wildman–Crippen LogP) is 3.99. The molecule has 0 aromatic heterocycles. The van der Waals surface area contributed by atoms with E-state index in [0.29, 0.717) is 5.92 Å². The van der Waals surface area contributed by atoms with E-state index in [1.165, 1.54) is 16.7 Å². The molecule has 0 N–H and O–H groups in total. The second kappa shape index (κ2) is 5.01. The van der Waals surface area contributed by atoms with Crippen LogP contribution in [0, 0.1) is 13.8 Å². The van der Waals surface area contributed by atoms with Crippen LogP contribution in [-0.4, -0.2) is 7.11 Å². The van der Waals surface area contributed by atoms with Gasteiger partial charge < -0.3 is 4.74 Å². The molecule has 0 fully saturated rings. The summed E-state index contributed by atoms with van der Waals surface area (Å²) in [6.07, 6.45) is 3.00. The van der Waals surface area contributed by atoms with Gasteiger partial charge in [0, 0.05) is 0 Å². The van der Waals surface area contributed by atoms with Gasteiger partial charge in [0.15, 0.2) is 0 Å². The number of hydrogen-bond donors (Lipinski definition) is 0. The first-order valence-electron chi connectivity index (χ1n) is 5.36.